The zero-order valence-electron chi connectivity index (χ0n) is 11.5. The first kappa shape index (κ1) is 14.6. The number of rotatable bonds is 3. The summed E-state index contributed by atoms with van der Waals surface area (Å²) in [5.41, 5.74) is 9.10. The molecule has 0 aliphatic carbocycles. The Morgan fingerprint density at radius 3 is 2.70 bits per heavy atom. The van der Waals surface area contributed by atoms with Gasteiger partial charge in [0.2, 0.25) is 0 Å². The standard InChI is InChI=1S/C16H17BrN2O/c1-10-4-3-5-12(8-10)11(2)19-16(20)14-9-13(18)6-7-15(14)17/h3-9,11H,18H2,1-2H3,(H,19,20)/t11-/m1/s1. The Bertz CT molecular complexity index is 640. The van der Waals surface area contributed by atoms with Crippen LogP contribution >= 0.6 is 15.9 Å². The third kappa shape index (κ3) is 3.39. The predicted octanol–water partition coefficient (Wildman–Crippen LogP) is 3.83. The van der Waals surface area contributed by atoms with Crippen molar-refractivity contribution in [3.63, 3.8) is 0 Å². The van der Waals surface area contributed by atoms with Gasteiger partial charge in [-0.1, -0.05) is 29.8 Å². The number of halogens is 1. The van der Waals surface area contributed by atoms with E-state index in [2.05, 4.69) is 27.3 Å². The SMILES string of the molecule is Cc1cccc([C@@H](C)NC(=O)c2cc(N)ccc2Br)c1. The van der Waals surface area contributed by atoms with Gasteiger partial charge in [0.15, 0.2) is 0 Å². The highest BCUT2D eigenvalue weighted by Crippen LogP contribution is 2.21. The zero-order chi connectivity index (χ0) is 14.7. The molecule has 0 fully saturated rings. The Kier molecular flexibility index (Phi) is 4.45. The molecule has 0 saturated heterocycles. The van der Waals surface area contributed by atoms with E-state index in [1.165, 1.54) is 5.56 Å². The average molecular weight is 333 g/mol. The smallest absolute Gasteiger partial charge is 0.252 e. The van der Waals surface area contributed by atoms with Gasteiger partial charge in [0, 0.05) is 10.2 Å². The molecule has 2 aromatic rings. The topological polar surface area (TPSA) is 55.1 Å². The lowest BCUT2D eigenvalue weighted by atomic mass is 10.1. The first-order valence-corrected chi connectivity index (χ1v) is 7.19. The van der Waals surface area contributed by atoms with Crippen LogP contribution in [0.1, 0.15) is 34.5 Å². The van der Waals surface area contributed by atoms with Gasteiger partial charge >= 0.3 is 0 Å². The molecule has 20 heavy (non-hydrogen) atoms. The molecule has 0 heterocycles. The largest absolute Gasteiger partial charge is 0.399 e. The Morgan fingerprint density at radius 1 is 1.25 bits per heavy atom. The number of nitrogens with two attached hydrogens (primary N) is 1. The summed E-state index contributed by atoms with van der Waals surface area (Å²) >= 11 is 3.37. The van der Waals surface area contributed by atoms with E-state index >= 15 is 0 Å². The molecule has 0 spiro atoms. The number of benzene rings is 2. The minimum atomic E-state index is -0.141. The van der Waals surface area contributed by atoms with Crippen LogP contribution in [0.15, 0.2) is 46.9 Å². The Labute approximate surface area is 127 Å². The molecule has 1 amide bonds. The number of aryl methyl sites for hydroxylation is 1. The van der Waals surface area contributed by atoms with Crippen LogP contribution < -0.4 is 11.1 Å². The van der Waals surface area contributed by atoms with Crippen LogP contribution in [0.25, 0.3) is 0 Å². The summed E-state index contributed by atoms with van der Waals surface area (Å²) in [5, 5.41) is 2.98. The molecular weight excluding hydrogens is 316 g/mol. The molecule has 0 aromatic heterocycles. The van der Waals surface area contributed by atoms with Crippen molar-refractivity contribution in [3.8, 4) is 0 Å². The molecule has 2 aromatic carbocycles. The fourth-order valence-corrected chi connectivity index (χ4v) is 2.44. The Hall–Kier alpha value is -1.81. The fourth-order valence-electron chi connectivity index (χ4n) is 2.01. The molecule has 0 saturated carbocycles. The summed E-state index contributed by atoms with van der Waals surface area (Å²) in [6, 6.07) is 13.2. The van der Waals surface area contributed by atoms with Crippen molar-refractivity contribution < 1.29 is 4.79 Å². The minimum absolute atomic E-state index is 0.0595. The van der Waals surface area contributed by atoms with E-state index in [0.717, 1.165) is 10.0 Å². The second kappa shape index (κ2) is 6.09. The number of nitrogen functional groups attached to an aromatic ring is 1. The molecule has 0 aliphatic heterocycles. The van der Waals surface area contributed by atoms with Crippen molar-refractivity contribution in [1.82, 2.24) is 5.32 Å². The molecule has 0 bridgehead atoms. The van der Waals surface area contributed by atoms with Crippen LogP contribution in [0.2, 0.25) is 0 Å². The van der Waals surface area contributed by atoms with Gasteiger partial charge in [-0.3, -0.25) is 4.79 Å². The molecule has 3 nitrogen and oxygen atoms in total. The summed E-state index contributed by atoms with van der Waals surface area (Å²) in [6.45, 7) is 4.00. The predicted molar refractivity (Wildman–Crippen MR) is 85.6 cm³/mol. The van der Waals surface area contributed by atoms with Crippen molar-refractivity contribution in [2.24, 2.45) is 0 Å². The van der Waals surface area contributed by atoms with Gasteiger partial charge in [0.1, 0.15) is 0 Å². The van der Waals surface area contributed by atoms with Crippen LogP contribution in [0.3, 0.4) is 0 Å². The number of amides is 1. The molecule has 0 radical (unpaired) electrons. The van der Waals surface area contributed by atoms with E-state index < -0.39 is 0 Å². The number of nitrogens with one attached hydrogen (secondary N) is 1. The van der Waals surface area contributed by atoms with Gasteiger partial charge in [-0.2, -0.15) is 0 Å². The molecular formula is C16H17BrN2O. The van der Waals surface area contributed by atoms with Crippen LogP contribution in [0.4, 0.5) is 5.69 Å². The normalized spacial score (nSPS) is 11.9. The van der Waals surface area contributed by atoms with E-state index in [1.807, 2.05) is 32.0 Å². The van der Waals surface area contributed by atoms with Gasteiger partial charge in [0.05, 0.1) is 11.6 Å². The monoisotopic (exact) mass is 332 g/mol. The molecule has 0 unspecified atom stereocenters. The fraction of sp³-hybridized carbons (Fsp3) is 0.188. The highest BCUT2D eigenvalue weighted by atomic mass is 79.9. The number of carbonyl (C=O) groups is 1. The number of hydrogen-bond acceptors (Lipinski definition) is 2. The van der Waals surface area contributed by atoms with Crippen molar-refractivity contribution in [2.45, 2.75) is 19.9 Å². The maximum Gasteiger partial charge on any atom is 0.252 e. The van der Waals surface area contributed by atoms with E-state index in [1.54, 1.807) is 18.2 Å². The minimum Gasteiger partial charge on any atom is -0.399 e. The third-order valence-electron chi connectivity index (χ3n) is 3.12. The van der Waals surface area contributed by atoms with Gasteiger partial charge in [-0.05, 0) is 53.5 Å². The van der Waals surface area contributed by atoms with Gasteiger partial charge in [-0.15, -0.1) is 0 Å². The van der Waals surface area contributed by atoms with E-state index in [0.29, 0.717) is 11.3 Å². The first-order valence-electron chi connectivity index (χ1n) is 6.40. The molecule has 104 valence electrons. The van der Waals surface area contributed by atoms with Crippen molar-refractivity contribution in [1.29, 1.82) is 0 Å². The molecule has 3 N–H and O–H groups in total. The van der Waals surface area contributed by atoms with Crippen LogP contribution in [0, 0.1) is 6.92 Å². The molecule has 2 rings (SSSR count). The summed E-state index contributed by atoms with van der Waals surface area (Å²) in [4.78, 5) is 12.3. The molecule has 1 atom stereocenters. The van der Waals surface area contributed by atoms with Crippen LogP contribution in [-0.2, 0) is 0 Å². The average Bonchev–Trinajstić information content (AvgIpc) is 2.41. The summed E-state index contributed by atoms with van der Waals surface area (Å²) in [5.74, 6) is -0.141. The highest BCUT2D eigenvalue weighted by molar-refractivity contribution is 9.10. The van der Waals surface area contributed by atoms with Crippen molar-refractivity contribution in [3.05, 3.63) is 63.6 Å². The summed E-state index contributed by atoms with van der Waals surface area (Å²) in [6.07, 6.45) is 0. The van der Waals surface area contributed by atoms with Crippen molar-refractivity contribution in [2.75, 3.05) is 5.73 Å². The number of anilines is 1. The third-order valence-corrected chi connectivity index (χ3v) is 3.82. The lowest BCUT2D eigenvalue weighted by Gasteiger charge is -2.15. The number of carbonyl (C=O) groups excluding carboxylic acids is 1. The van der Waals surface area contributed by atoms with Crippen molar-refractivity contribution >= 4 is 27.5 Å². The van der Waals surface area contributed by atoms with E-state index in [-0.39, 0.29) is 11.9 Å². The lowest BCUT2D eigenvalue weighted by molar-refractivity contribution is 0.0939. The highest BCUT2D eigenvalue weighted by Gasteiger charge is 2.14. The number of hydrogen-bond donors (Lipinski definition) is 2. The molecule has 4 heteroatoms. The maximum atomic E-state index is 12.3. The Balaban J connectivity index is 2.17. The van der Waals surface area contributed by atoms with E-state index in [4.69, 9.17) is 5.73 Å². The van der Waals surface area contributed by atoms with Crippen LogP contribution in [-0.4, -0.2) is 5.91 Å². The van der Waals surface area contributed by atoms with Gasteiger partial charge in [-0.25, -0.2) is 0 Å². The van der Waals surface area contributed by atoms with Gasteiger partial charge < -0.3 is 11.1 Å². The molecule has 0 aliphatic rings. The Morgan fingerprint density at radius 2 is 2.00 bits per heavy atom. The quantitative estimate of drug-likeness (QED) is 0.839. The van der Waals surface area contributed by atoms with E-state index in [9.17, 15) is 4.79 Å². The second-order valence-electron chi connectivity index (χ2n) is 4.85. The lowest BCUT2D eigenvalue weighted by Crippen LogP contribution is -2.27. The van der Waals surface area contributed by atoms with Crippen LogP contribution in [0.5, 0.6) is 0 Å². The first-order chi connectivity index (χ1) is 9.47. The maximum absolute atomic E-state index is 12.3. The summed E-state index contributed by atoms with van der Waals surface area (Å²) < 4.78 is 0.737. The zero-order valence-corrected chi connectivity index (χ0v) is 13.1. The summed E-state index contributed by atoms with van der Waals surface area (Å²) in [7, 11) is 0. The van der Waals surface area contributed by atoms with Gasteiger partial charge in [0.25, 0.3) is 5.91 Å². The second-order valence-corrected chi connectivity index (χ2v) is 5.70.